The van der Waals surface area contributed by atoms with Gasteiger partial charge in [0.05, 0.1) is 0 Å². The van der Waals surface area contributed by atoms with Crippen LogP contribution in [0.25, 0.3) is 0 Å². The van der Waals surface area contributed by atoms with Crippen molar-refractivity contribution in [1.82, 2.24) is 0 Å². The molecule has 0 spiro atoms. The number of hydrogen-bond acceptors (Lipinski definition) is 1. The highest BCUT2D eigenvalue weighted by atomic mass is 19.2. The standard InChI is InChI=1S/C17H20F3N/c18-13-7-15(20)14(19)6-12(13)17(21)16-10-2-8-1-9(4-10)5-11(16)3-8/h6-11,16-17H,1-5,21H2. The first-order valence-corrected chi connectivity index (χ1v) is 7.93. The summed E-state index contributed by atoms with van der Waals surface area (Å²) < 4.78 is 40.6. The maximum absolute atomic E-state index is 14.0. The Morgan fingerprint density at radius 3 is 1.90 bits per heavy atom. The summed E-state index contributed by atoms with van der Waals surface area (Å²) >= 11 is 0. The lowest BCUT2D eigenvalue weighted by Crippen LogP contribution is -2.48. The van der Waals surface area contributed by atoms with E-state index in [0.29, 0.717) is 17.9 Å². The molecule has 0 radical (unpaired) electrons. The quantitative estimate of drug-likeness (QED) is 0.814. The van der Waals surface area contributed by atoms with E-state index in [9.17, 15) is 13.2 Å². The van der Waals surface area contributed by atoms with Crippen LogP contribution >= 0.6 is 0 Å². The van der Waals surface area contributed by atoms with Gasteiger partial charge in [-0.1, -0.05) is 0 Å². The fourth-order valence-electron chi connectivity index (χ4n) is 5.55. The van der Waals surface area contributed by atoms with Crippen molar-refractivity contribution in [2.24, 2.45) is 35.3 Å². The number of benzene rings is 1. The van der Waals surface area contributed by atoms with E-state index < -0.39 is 23.5 Å². The summed E-state index contributed by atoms with van der Waals surface area (Å²) in [6.07, 6.45) is 6.05. The summed E-state index contributed by atoms with van der Waals surface area (Å²) in [6, 6.07) is 1.07. The molecule has 4 bridgehead atoms. The van der Waals surface area contributed by atoms with Crippen LogP contribution in [-0.4, -0.2) is 0 Å². The molecule has 0 aromatic heterocycles. The Labute approximate surface area is 122 Å². The molecule has 4 aliphatic carbocycles. The van der Waals surface area contributed by atoms with Crippen LogP contribution in [0.3, 0.4) is 0 Å². The third-order valence-corrected chi connectivity index (χ3v) is 6.11. The second-order valence-electron chi connectivity index (χ2n) is 7.32. The van der Waals surface area contributed by atoms with Crippen LogP contribution in [0.15, 0.2) is 12.1 Å². The van der Waals surface area contributed by atoms with Crippen molar-refractivity contribution in [3.8, 4) is 0 Å². The molecule has 1 aromatic rings. The van der Waals surface area contributed by atoms with Gasteiger partial charge in [0, 0.05) is 17.7 Å². The molecule has 0 aliphatic heterocycles. The SMILES string of the molecule is NC(c1cc(F)c(F)cc1F)C1C2CC3CC(C2)CC1C3. The zero-order chi connectivity index (χ0) is 14.7. The van der Waals surface area contributed by atoms with E-state index >= 15 is 0 Å². The molecule has 0 heterocycles. The molecule has 1 atom stereocenters. The van der Waals surface area contributed by atoms with Crippen LogP contribution in [0.5, 0.6) is 0 Å². The highest BCUT2D eigenvalue weighted by molar-refractivity contribution is 5.25. The maximum atomic E-state index is 14.0. The number of halogens is 3. The first kappa shape index (κ1) is 13.6. The largest absolute Gasteiger partial charge is 0.324 e. The van der Waals surface area contributed by atoms with Gasteiger partial charge in [0.1, 0.15) is 5.82 Å². The topological polar surface area (TPSA) is 26.0 Å². The van der Waals surface area contributed by atoms with Crippen molar-refractivity contribution < 1.29 is 13.2 Å². The van der Waals surface area contributed by atoms with Gasteiger partial charge in [0.25, 0.3) is 0 Å². The van der Waals surface area contributed by atoms with Gasteiger partial charge in [-0.3, -0.25) is 0 Å². The lowest BCUT2D eigenvalue weighted by Gasteiger charge is -2.56. The van der Waals surface area contributed by atoms with Crippen LogP contribution < -0.4 is 5.73 Å². The van der Waals surface area contributed by atoms with E-state index in [1.54, 1.807) is 0 Å². The predicted octanol–water partition coefficient (Wildman–Crippen LogP) is 4.18. The third kappa shape index (κ3) is 2.10. The van der Waals surface area contributed by atoms with Gasteiger partial charge in [0.2, 0.25) is 0 Å². The second-order valence-corrected chi connectivity index (χ2v) is 7.32. The summed E-state index contributed by atoms with van der Waals surface area (Å²) in [5.41, 5.74) is 6.46. The molecular weight excluding hydrogens is 275 g/mol. The molecule has 4 fully saturated rings. The fraction of sp³-hybridized carbons (Fsp3) is 0.647. The van der Waals surface area contributed by atoms with E-state index in [0.717, 1.165) is 17.9 Å². The van der Waals surface area contributed by atoms with Crippen LogP contribution in [0.1, 0.15) is 43.7 Å². The minimum atomic E-state index is -1.14. The van der Waals surface area contributed by atoms with Crippen molar-refractivity contribution in [3.05, 3.63) is 35.1 Å². The smallest absolute Gasteiger partial charge is 0.161 e. The molecule has 114 valence electrons. The van der Waals surface area contributed by atoms with Gasteiger partial charge in [-0.2, -0.15) is 0 Å². The van der Waals surface area contributed by atoms with Crippen LogP contribution in [0.2, 0.25) is 0 Å². The molecule has 4 saturated carbocycles. The van der Waals surface area contributed by atoms with Gasteiger partial charge >= 0.3 is 0 Å². The number of rotatable bonds is 2. The molecular formula is C17H20F3N. The Hall–Kier alpha value is -1.03. The van der Waals surface area contributed by atoms with E-state index in [1.165, 1.54) is 32.1 Å². The van der Waals surface area contributed by atoms with Crippen LogP contribution in [0.4, 0.5) is 13.2 Å². The Kier molecular flexibility index (Phi) is 3.07. The van der Waals surface area contributed by atoms with Gasteiger partial charge < -0.3 is 5.73 Å². The van der Waals surface area contributed by atoms with Crippen LogP contribution in [-0.2, 0) is 0 Å². The summed E-state index contributed by atoms with van der Waals surface area (Å²) in [4.78, 5) is 0. The number of hydrogen-bond donors (Lipinski definition) is 1. The van der Waals surface area contributed by atoms with Crippen molar-refractivity contribution in [2.45, 2.75) is 38.1 Å². The fourth-order valence-corrected chi connectivity index (χ4v) is 5.55. The minimum Gasteiger partial charge on any atom is -0.324 e. The monoisotopic (exact) mass is 295 g/mol. The Balaban J connectivity index is 1.66. The normalized spacial score (nSPS) is 38.8. The molecule has 4 aliphatic rings. The van der Waals surface area contributed by atoms with Gasteiger partial charge in [-0.15, -0.1) is 0 Å². The highest BCUT2D eigenvalue weighted by Crippen LogP contribution is 2.59. The van der Waals surface area contributed by atoms with Crippen LogP contribution in [0, 0.1) is 47.0 Å². The molecule has 0 saturated heterocycles. The molecule has 1 aromatic carbocycles. The van der Waals surface area contributed by atoms with Crippen molar-refractivity contribution in [1.29, 1.82) is 0 Å². The summed E-state index contributed by atoms with van der Waals surface area (Å²) in [7, 11) is 0. The Bertz CT molecular complexity index is 543. The Morgan fingerprint density at radius 1 is 0.810 bits per heavy atom. The lowest BCUT2D eigenvalue weighted by atomic mass is 9.50. The molecule has 5 rings (SSSR count). The van der Waals surface area contributed by atoms with E-state index in [4.69, 9.17) is 5.73 Å². The molecule has 1 unspecified atom stereocenters. The Morgan fingerprint density at radius 2 is 1.33 bits per heavy atom. The highest BCUT2D eigenvalue weighted by Gasteiger charge is 2.50. The van der Waals surface area contributed by atoms with E-state index in [2.05, 4.69) is 0 Å². The first-order valence-electron chi connectivity index (χ1n) is 7.93. The number of nitrogens with two attached hydrogens (primary N) is 1. The molecule has 1 nitrogen and oxygen atoms in total. The van der Waals surface area contributed by atoms with Crippen molar-refractivity contribution in [2.75, 3.05) is 0 Å². The summed E-state index contributed by atoms with van der Waals surface area (Å²) in [5, 5.41) is 0. The van der Waals surface area contributed by atoms with Crippen molar-refractivity contribution in [3.63, 3.8) is 0 Å². The molecule has 21 heavy (non-hydrogen) atoms. The third-order valence-electron chi connectivity index (χ3n) is 6.11. The molecule has 4 heteroatoms. The van der Waals surface area contributed by atoms with Gasteiger partial charge in [-0.05, 0) is 67.8 Å². The van der Waals surface area contributed by atoms with Crippen molar-refractivity contribution >= 4 is 0 Å². The maximum Gasteiger partial charge on any atom is 0.161 e. The zero-order valence-electron chi connectivity index (χ0n) is 11.9. The molecule has 0 amide bonds. The first-order chi connectivity index (χ1) is 10.0. The summed E-state index contributed by atoms with van der Waals surface area (Å²) in [5.74, 6) is 0.0376. The minimum absolute atomic E-state index is 0.145. The predicted molar refractivity (Wildman–Crippen MR) is 73.8 cm³/mol. The average molecular weight is 295 g/mol. The zero-order valence-corrected chi connectivity index (χ0v) is 11.9. The van der Waals surface area contributed by atoms with Gasteiger partial charge in [0.15, 0.2) is 11.6 Å². The second kappa shape index (κ2) is 4.73. The summed E-state index contributed by atoms with van der Waals surface area (Å²) in [6.45, 7) is 0. The van der Waals surface area contributed by atoms with E-state index in [1.807, 2.05) is 0 Å². The lowest BCUT2D eigenvalue weighted by molar-refractivity contribution is -0.0475. The van der Waals surface area contributed by atoms with Gasteiger partial charge in [-0.25, -0.2) is 13.2 Å². The molecule has 2 N–H and O–H groups in total. The average Bonchev–Trinajstić information content (AvgIpc) is 2.41. The van der Waals surface area contributed by atoms with E-state index in [-0.39, 0.29) is 11.5 Å².